The van der Waals surface area contributed by atoms with E-state index in [1.165, 1.54) is 37.5 Å². The Morgan fingerprint density at radius 2 is 1.81 bits per heavy atom. The van der Waals surface area contributed by atoms with Gasteiger partial charge in [0.05, 0.1) is 6.61 Å². The van der Waals surface area contributed by atoms with Gasteiger partial charge < -0.3 is 15.2 Å². The van der Waals surface area contributed by atoms with Crippen LogP contribution in [0.1, 0.15) is 38.2 Å². The topological polar surface area (TPSA) is 82.3 Å². The second-order valence-electron chi connectivity index (χ2n) is 6.15. The van der Waals surface area contributed by atoms with Crippen LogP contribution in [0.2, 0.25) is 0 Å². The molecule has 2 aromatic carbocycles. The van der Waals surface area contributed by atoms with E-state index in [0.29, 0.717) is 12.3 Å². The SMILES string of the molecule is CCCCCCOc1ccc(/C=C(\C#N)C(=O)Nc2ccc(O)cc2)cc1. The van der Waals surface area contributed by atoms with Gasteiger partial charge in [-0.05, 0) is 54.5 Å². The van der Waals surface area contributed by atoms with Crippen LogP contribution < -0.4 is 10.1 Å². The molecular formula is C22H24N2O3. The van der Waals surface area contributed by atoms with Gasteiger partial charge in [-0.15, -0.1) is 0 Å². The minimum absolute atomic E-state index is 0.00342. The molecule has 2 aromatic rings. The van der Waals surface area contributed by atoms with Crippen LogP contribution in [0.3, 0.4) is 0 Å². The van der Waals surface area contributed by atoms with Crippen LogP contribution in [0, 0.1) is 11.3 Å². The third kappa shape index (κ3) is 6.87. The molecule has 0 heterocycles. The van der Waals surface area contributed by atoms with Crippen molar-refractivity contribution in [1.82, 2.24) is 0 Å². The number of unbranched alkanes of at least 4 members (excludes halogenated alkanes) is 3. The molecule has 0 aliphatic carbocycles. The van der Waals surface area contributed by atoms with Crippen LogP contribution in [0.25, 0.3) is 6.08 Å². The number of benzene rings is 2. The first-order valence-corrected chi connectivity index (χ1v) is 9.07. The number of ether oxygens (including phenoxy) is 1. The van der Waals surface area contributed by atoms with Crippen molar-refractivity contribution in [3.05, 3.63) is 59.7 Å². The van der Waals surface area contributed by atoms with Crippen molar-refractivity contribution in [3.63, 3.8) is 0 Å². The summed E-state index contributed by atoms with van der Waals surface area (Å²) in [4.78, 5) is 12.2. The van der Waals surface area contributed by atoms with Gasteiger partial charge in [-0.3, -0.25) is 4.79 Å². The molecule has 0 aromatic heterocycles. The van der Waals surface area contributed by atoms with Gasteiger partial charge in [0.25, 0.3) is 5.91 Å². The second kappa shape index (κ2) is 10.7. The number of anilines is 1. The lowest BCUT2D eigenvalue weighted by Crippen LogP contribution is -2.13. The lowest BCUT2D eigenvalue weighted by molar-refractivity contribution is -0.112. The Balaban J connectivity index is 1.95. The van der Waals surface area contributed by atoms with Crippen molar-refractivity contribution in [3.8, 4) is 17.6 Å². The van der Waals surface area contributed by atoms with Crippen LogP contribution >= 0.6 is 0 Å². The van der Waals surface area contributed by atoms with Gasteiger partial charge in [-0.1, -0.05) is 38.3 Å². The number of nitrogens with one attached hydrogen (secondary N) is 1. The predicted octanol–water partition coefficient (Wildman–Crippen LogP) is 4.90. The number of hydrogen-bond donors (Lipinski definition) is 2. The maximum Gasteiger partial charge on any atom is 0.266 e. The van der Waals surface area contributed by atoms with Gasteiger partial charge in [-0.2, -0.15) is 5.26 Å². The average Bonchev–Trinajstić information content (AvgIpc) is 2.68. The number of carbonyl (C=O) groups excluding carboxylic acids is 1. The largest absolute Gasteiger partial charge is 0.508 e. The summed E-state index contributed by atoms with van der Waals surface area (Å²) in [6.45, 7) is 2.86. The lowest BCUT2D eigenvalue weighted by atomic mass is 10.1. The summed E-state index contributed by atoms with van der Waals surface area (Å²) in [5.74, 6) is 0.381. The van der Waals surface area contributed by atoms with Crippen LogP contribution in [-0.2, 0) is 4.79 Å². The molecule has 0 radical (unpaired) electrons. The third-order valence-electron chi connectivity index (χ3n) is 3.95. The van der Waals surface area contributed by atoms with Crippen molar-refractivity contribution in [2.24, 2.45) is 0 Å². The van der Waals surface area contributed by atoms with E-state index in [1.54, 1.807) is 12.1 Å². The first-order valence-electron chi connectivity index (χ1n) is 9.07. The monoisotopic (exact) mass is 364 g/mol. The lowest BCUT2D eigenvalue weighted by Gasteiger charge is -2.07. The normalized spacial score (nSPS) is 10.9. The Morgan fingerprint density at radius 3 is 2.44 bits per heavy atom. The third-order valence-corrected chi connectivity index (χ3v) is 3.95. The van der Waals surface area contributed by atoms with E-state index in [1.807, 2.05) is 30.3 Å². The molecule has 0 fully saturated rings. The Bertz CT molecular complexity index is 803. The van der Waals surface area contributed by atoms with E-state index >= 15 is 0 Å². The van der Waals surface area contributed by atoms with Gasteiger partial charge in [0.1, 0.15) is 23.1 Å². The highest BCUT2D eigenvalue weighted by molar-refractivity contribution is 6.09. The summed E-state index contributed by atoms with van der Waals surface area (Å²) in [5, 5.41) is 21.2. The van der Waals surface area contributed by atoms with E-state index in [4.69, 9.17) is 4.74 Å². The molecule has 0 aliphatic rings. The zero-order chi connectivity index (χ0) is 19.5. The molecule has 2 rings (SSSR count). The molecule has 0 aliphatic heterocycles. The molecule has 5 nitrogen and oxygen atoms in total. The number of amides is 1. The highest BCUT2D eigenvalue weighted by Crippen LogP contribution is 2.17. The Morgan fingerprint density at radius 1 is 1.11 bits per heavy atom. The second-order valence-corrected chi connectivity index (χ2v) is 6.15. The van der Waals surface area contributed by atoms with E-state index in [2.05, 4.69) is 12.2 Å². The van der Waals surface area contributed by atoms with Crippen LogP contribution in [0.15, 0.2) is 54.1 Å². The number of phenolic OH excluding ortho intramolecular Hbond substituents is 1. The van der Waals surface area contributed by atoms with Gasteiger partial charge in [-0.25, -0.2) is 0 Å². The maximum absolute atomic E-state index is 12.2. The quantitative estimate of drug-likeness (QED) is 0.287. The molecule has 0 unspecified atom stereocenters. The molecular weight excluding hydrogens is 340 g/mol. The summed E-state index contributed by atoms with van der Waals surface area (Å²) in [6.07, 6.45) is 6.14. The number of carbonyl (C=O) groups is 1. The Hall–Kier alpha value is -3.26. The summed E-state index contributed by atoms with van der Waals surface area (Å²) in [5.41, 5.74) is 1.24. The highest BCUT2D eigenvalue weighted by Gasteiger charge is 2.09. The molecule has 5 heteroatoms. The molecule has 0 spiro atoms. The zero-order valence-corrected chi connectivity index (χ0v) is 15.4. The van der Waals surface area contributed by atoms with E-state index < -0.39 is 5.91 Å². The van der Waals surface area contributed by atoms with E-state index in [-0.39, 0.29) is 11.3 Å². The van der Waals surface area contributed by atoms with Crippen molar-refractivity contribution >= 4 is 17.7 Å². The number of nitrogens with zero attached hydrogens (tertiary/aromatic N) is 1. The Kier molecular flexibility index (Phi) is 7.92. The number of hydrogen-bond acceptors (Lipinski definition) is 4. The molecule has 0 saturated carbocycles. The molecule has 0 bridgehead atoms. The molecule has 1 amide bonds. The highest BCUT2D eigenvalue weighted by atomic mass is 16.5. The fourth-order valence-corrected chi connectivity index (χ4v) is 2.44. The maximum atomic E-state index is 12.2. The van der Waals surface area contributed by atoms with Crippen molar-refractivity contribution in [1.29, 1.82) is 5.26 Å². The minimum atomic E-state index is -0.501. The molecule has 140 valence electrons. The van der Waals surface area contributed by atoms with Gasteiger partial charge in [0, 0.05) is 5.69 Å². The van der Waals surface area contributed by atoms with Crippen LogP contribution in [0.4, 0.5) is 5.69 Å². The van der Waals surface area contributed by atoms with Gasteiger partial charge in [0.15, 0.2) is 0 Å². The van der Waals surface area contributed by atoms with E-state index in [9.17, 15) is 15.2 Å². The van der Waals surface area contributed by atoms with Crippen LogP contribution in [-0.4, -0.2) is 17.6 Å². The summed E-state index contributed by atoms with van der Waals surface area (Å²) in [6, 6.07) is 15.3. The molecule has 0 atom stereocenters. The van der Waals surface area contributed by atoms with Gasteiger partial charge in [0.2, 0.25) is 0 Å². The first kappa shape index (κ1) is 20.1. The first-order chi connectivity index (χ1) is 13.1. The summed E-state index contributed by atoms with van der Waals surface area (Å²) in [7, 11) is 0. The Labute approximate surface area is 159 Å². The van der Waals surface area contributed by atoms with Crippen molar-refractivity contribution in [2.45, 2.75) is 32.6 Å². The fourth-order valence-electron chi connectivity index (χ4n) is 2.44. The number of rotatable bonds is 9. The predicted molar refractivity (Wildman–Crippen MR) is 106 cm³/mol. The number of aromatic hydroxyl groups is 1. The molecule has 27 heavy (non-hydrogen) atoms. The van der Waals surface area contributed by atoms with Gasteiger partial charge >= 0.3 is 0 Å². The van der Waals surface area contributed by atoms with E-state index in [0.717, 1.165) is 17.7 Å². The van der Waals surface area contributed by atoms with Crippen molar-refractivity contribution < 1.29 is 14.6 Å². The summed E-state index contributed by atoms with van der Waals surface area (Å²) >= 11 is 0. The average molecular weight is 364 g/mol. The van der Waals surface area contributed by atoms with Crippen LogP contribution in [0.5, 0.6) is 11.5 Å². The fraction of sp³-hybridized carbons (Fsp3) is 0.273. The minimum Gasteiger partial charge on any atom is -0.508 e. The zero-order valence-electron chi connectivity index (χ0n) is 15.4. The number of phenols is 1. The number of nitriles is 1. The van der Waals surface area contributed by atoms with Crippen molar-refractivity contribution in [2.75, 3.05) is 11.9 Å². The summed E-state index contributed by atoms with van der Waals surface area (Å²) < 4.78 is 5.69. The standard InChI is InChI=1S/C22H24N2O3/c1-2-3-4-5-14-27-21-12-6-17(7-13-21)15-18(16-23)22(26)24-19-8-10-20(25)11-9-19/h6-13,15,25H,2-5,14H2,1H3,(H,24,26)/b18-15+. The molecule has 2 N–H and O–H groups in total. The molecule has 0 saturated heterocycles. The smallest absolute Gasteiger partial charge is 0.266 e.